The highest BCUT2D eigenvalue weighted by molar-refractivity contribution is 7.98. The quantitative estimate of drug-likeness (QED) is 0.793. The molecule has 0 heterocycles. The molecule has 0 aromatic heterocycles. The maximum absolute atomic E-state index is 6.02. The van der Waals surface area contributed by atoms with Gasteiger partial charge >= 0.3 is 0 Å². The van der Waals surface area contributed by atoms with Gasteiger partial charge in [0.15, 0.2) is 0 Å². The molecular weight excluding hydrogens is 202 g/mol. The van der Waals surface area contributed by atoms with Crippen LogP contribution in [0.15, 0.2) is 29.2 Å². The second kappa shape index (κ2) is 4.58. The maximum atomic E-state index is 6.02. The van der Waals surface area contributed by atoms with Gasteiger partial charge in [-0.3, -0.25) is 0 Å². The lowest BCUT2D eigenvalue weighted by atomic mass is 9.79. The summed E-state index contributed by atoms with van der Waals surface area (Å²) in [5.74, 6) is 0. The molecule has 1 fully saturated rings. The zero-order valence-electron chi connectivity index (χ0n) is 9.33. The smallest absolute Gasteiger partial charge is 0.0107 e. The van der Waals surface area contributed by atoms with Crippen LogP contribution in [0.5, 0.6) is 0 Å². The topological polar surface area (TPSA) is 26.0 Å². The lowest BCUT2D eigenvalue weighted by Gasteiger charge is -2.29. The first-order valence-corrected chi connectivity index (χ1v) is 6.88. The minimum atomic E-state index is 0.277. The van der Waals surface area contributed by atoms with E-state index >= 15 is 0 Å². The summed E-state index contributed by atoms with van der Waals surface area (Å²) in [7, 11) is 0. The molecule has 82 valence electrons. The summed E-state index contributed by atoms with van der Waals surface area (Å²) in [4.78, 5) is 1.41. The van der Waals surface area contributed by atoms with Gasteiger partial charge in [0.25, 0.3) is 0 Å². The SMILES string of the molecule is CSc1ccccc1C1(CN)CCCC1. The van der Waals surface area contributed by atoms with E-state index < -0.39 is 0 Å². The molecule has 0 saturated heterocycles. The van der Waals surface area contributed by atoms with E-state index in [2.05, 4.69) is 30.5 Å². The van der Waals surface area contributed by atoms with Gasteiger partial charge in [0, 0.05) is 16.9 Å². The van der Waals surface area contributed by atoms with Gasteiger partial charge in [-0.15, -0.1) is 11.8 Å². The van der Waals surface area contributed by atoms with Crippen LogP contribution in [0.4, 0.5) is 0 Å². The van der Waals surface area contributed by atoms with Gasteiger partial charge in [-0.05, 0) is 30.7 Å². The Balaban J connectivity index is 2.41. The predicted molar refractivity (Wildman–Crippen MR) is 67.4 cm³/mol. The van der Waals surface area contributed by atoms with Gasteiger partial charge in [0.1, 0.15) is 0 Å². The molecule has 1 aliphatic rings. The summed E-state index contributed by atoms with van der Waals surface area (Å²) >= 11 is 1.84. The van der Waals surface area contributed by atoms with Crippen molar-refractivity contribution in [2.75, 3.05) is 12.8 Å². The molecule has 0 amide bonds. The lowest BCUT2D eigenvalue weighted by molar-refractivity contribution is 0.445. The van der Waals surface area contributed by atoms with Crippen molar-refractivity contribution in [2.45, 2.75) is 36.0 Å². The van der Waals surface area contributed by atoms with Crippen molar-refractivity contribution >= 4 is 11.8 Å². The van der Waals surface area contributed by atoms with Crippen molar-refractivity contribution in [3.8, 4) is 0 Å². The van der Waals surface area contributed by atoms with Gasteiger partial charge < -0.3 is 5.73 Å². The molecule has 0 bridgehead atoms. The molecule has 0 radical (unpaired) electrons. The van der Waals surface area contributed by atoms with Crippen LogP contribution in [-0.2, 0) is 5.41 Å². The van der Waals surface area contributed by atoms with E-state index in [1.54, 1.807) is 0 Å². The van der Waals surface area contributed by atoms with Crippen LogP contribution in [0.2, 0.25) is 0 Å². The molecule has 0 unspecified atom stereocenters. The fraction of sp³-hybridized carbons (Fsp3) is 0.538. The fourth-order valence-electron chi connectivity index (χ4n) is 2.72. The zero-order chi connectivity index (χ0) is 10.7. The number of benzene rings is 1. The Kier molecular flexibility index (Phi) is 3.37. The molecule has 15 heavy (non-hydrogen) atoms. The number of hydrogen-bond acceptors (Lipinski definition) is 2. The molecule has 1 aliphatic carbocycles. The Hall–Kier alpha value is -0.470. The minimum absolute atomic E-state index is 0.277. The summed E-state index contributed by atoms with van der Waals surface area (Å²) in [6, 6.07) is 8.75. The number of rotatable bonds is 3. The van der Waals surface area contributed by atoms with E-state index in [-0.39, 0.29) is 5.41 Å². The highest BCUT2D eigenvalue weighted by Crippen LogP contribution is 2.43. The molecule has 1 saturated carbocycles. The van der Waals surface area contributed by atoms with E-state index in [0.717, 1.165) is 6.54 Å². The summed E-state index contributed by atoms with van der Waals surface area (Å²) in [5, 5.41) is 0. The van der Waals surface area contributed by atoms with Gasteiger partial charge in [0.2, 0.25) is 0 Å². The van der Waals surface area contributed by atoms with Crippen LogP contribution in [0.3, 0.4) is 0 Å². The standard InChI is InChI=1S/C13H19NS/c1-15-12-7-3-2-6-11(12)13(10-14)8-4-5-9-13/h2-3,6-7H,4-5,8-10,14H2,1H3. The third-order valence-electron chi connectivity index (χ3n) is 3.63. The molecular formula is C13H19NS. The molecule has 0 aliphatic heterocycles. The predicted octanol–water partition coefficient (Wildman–Crippen LogP) is 3.18. The van der Waals surface area contributed by atoms with E-state index in [1.807, 2.05) is 11.8 Å². The summed E-state index contributed by atoms with van der Waals surface area (Å²) in [6.45, 7) is 0.796. The van der Waals surface area contributed by atoms with Gasteiger partial charge in [0.05, 0.1) is 0 Å². The first kappa shape index (κ1) is 11.0. The van der Waals surface area contributed by atoms with Gasteiger partial charge in [-0.2, -0.15) is 0 Å². The number of thioether (sulfide) groups is 1. The monoisotopic (exact) mass is 221 g/mol. The molecule has 0 spiro atoms. The number of hydrogen-bond donors (Lipinski definition) is 1. The third kappa shape index (κ3) is 1.93. The van der Waals surface area contributed by atoms with Crippen molar-refractivity contribution in [3.63, 3.8) is 0 Å². The van der Waals surface area contributed by atoms with Gasteiger partial charge in [-0.1, -0.05) is 31.0 Å². The van der Waals surface area contributed by atoms with Crippen molar-refractivity contribution < 1.29 is 0 Å². The van der Waals surface area contributed by atoms with Crippen molar-refractivity contribution in [1.29, 1.82) is 0 Å². The lowest BCUT2D eigenvalue weighted by Crippen LogP contribution is -2.32. The van der Waals surface area contributed by atoms with E-state index in [9.17, 15) is 0 Å². The second-order valence-corrected chi connectivity index (χ2v) is 5.24. The van der Waals surface area contributed by atoms with Crippen LogP contribution in [-0.4, -0.2) is 12.8 Å². The Morgan fingerprint density at radius 1 is 1.27 bits per heavy atom. The molecule has 2 rings (SSSR count). The van der Waals surface area contributed by atoms with Crippen molar-refractivity contribution in [3.05, 3.63) is 29.8 Å². The summed E-state index contributed by atoms with van der Waals surface area (Å²) in [5.41, 5.74) is 7.78. The average molecular weight is 221 g/mol. The Bertz CT molecular complexity index is 329. The summed E-state index contributed by atoms with van der Waals surface area (Å²) < 4.78 is 0. The van der Waals surface area contributed by atoms with E-state index in [1.165, 1.54) is 36.1 Å². The first-order valence-electron chi connectivity index (χ1n) is 5.66. The maximum Gasteiger partial charge on any atom is 0.0107 e. The largest absolute Gasteiger partial charge is 0.330 e. The highest BCUT2D eigenvalue weighted by atomic mass is 32.2. The Morgan fingerprint density at radius 3 is 2.53 bits per heavy atom. The Morgan fingerprint density at radius 2 is 1.93 bits per heavy atom. The third-order valence-corrected chi connectivity index (χ3v) is 4.43. The van der Waals surface area contributed by atoms with Crippen LogP contribution < -0.4 is 5.73 Å². The molecule has 2 N–H and O–H groups in total. The normalized spacial score (nSPS) is 19.3. The van der Waals surface area contributed by atoms with Gasteiger partial charge in [-0.25, -0.2) is 0 Å². The highest BCUT2D eigenvalue weighted by Gasteiger charge is 2.35. The first-order chi connectivity index (χ1) is 7.32. The van der Waals surface area contributed by atoms with Crippen LogP contribution in [0, 0.1) is 0 Å². The molecule has 0 atom stereocenters. The molecule has 1 aromatic rings. The van der Waals surface area contributed by atoms with Crippen LogP contribution in [0.25, 0.3) is 0 Å². The minimum Gasteiger partial charge on any atom is -0.330 e. The molecule has 2 heteroatoms. The molecule has 1 aromatic carbocycles. The van der Waals surface area contributed by atoms with E-state index in [4.69, 9.17) is 5.73 Å². The Labute approximate surface area is 96.4 Å². The second-order valence-electron chi connectivity index (χ2n) is 4.39. The van der Waals surface area contributed by atoms with Crippen molar-refractivity contribution in [1.82, 2.24) is 0 Å². The summed E-state index contributed by atoms with van der Waals surface area (Å²) in [6.07, 6.45) is 7.35. The molecule has 1 nitrogen and oxygen atoms in total. The van der Waals surface area contributed by atoms with E-state index in [0.29, 0.717) is 0 Å². The van der Waals surface area contributed by atoms with Crippen LogP contribution >= 0.6 is 11.8 Å². The zero-order valence-corrected chi connectivity index (χ0v) is 10.1. The van der Waals surface area contributed by atoms with Crippen LogP contribution in [0.1, 0.15) is 31.2 Å². The number of nitrogens with two attached hydrogens (primary N) is 1. The van der Waals surface area contributed by atoms with Crippen molar-refractivity contribution in [2.24, 2.45) is 5.73 Å². The fourth-order valence-corrected chi connectivity index (χ4v) is 3.44. The average Bonchev–Trinajstić information content (AvgIpc) is 2.79.